The van der Waals surface area contributed by atoms with Crippen molar-refractivity contribution in [2.75, 3.05) is 11.9 Å². The molecule has 0 spiro atoms. The molecule has 0 radical (unpaired) electrons. The summed E-state index contributed by atoms with van der Waals surface area (Å²) in [6.07, 6.45) is 4.56. The average Bonchev–Trinajstić information content (AvgIpc) is 3.06. The van der Waals surface area contributed by atoms with Gasteiger partial charge in [-0.3, -0.25) is 0 Å². The van der Waals surface area contributed by atoms with E-state index in [0.29, 0.717) is 5.92 Å². The van der Waals surface area contributed by atoms with E-state index in [9.17, 15) is 0 Å². The van der Waals surface area contributed by atoms with E-state index in [0.717, 1.165) is 42.2 Å². The van der Waals surface area contributed by atoms with E-state index in [2.05, 4.69) is 40.6 Å². The highest BCUT2D eigenvalue weighted by atomic mass is 35.5. The molecule has 0 bridgehead atoms. The Morgan fingerprint density at radius 2 is 2.10 bits per heavy atom. The predicted molar refractivity (Wildman–Crippen MR) is 82.7 cm³/mol. The number of fused-ring (bicyclic) bond motifs is 1. The third-order valence-corrected chi connectivity index (χ3v) is 3.49. The molecule has 110 valence electrons. The number of aromatic nitrogens is 4. The quantitative estimate of drug-likeness (QED) is 0.920. The van der Waals surface area contributed by atoms with E-state index in [-0.39, 0.29) is 12.4 Å². The lowest BCUT2D eigenvalue weighted by molar-refractivity contribution is 0.611. The van der Waals surface area contributed by atoms with Crippen LogP contribution in [-0.4, -0.2) is 26.1 Å². The first-order valence-corrected chi connectivity index (χ1v) is 7.15. The maximum atomic E-state index is 4.71. The number of rotatable bonds is 5. The summed E-state index contributed by atoms with van der Waals surface area (Å²) in [6.45, 7) is 8.18. The lowest BCUT2D eigenvalue weighted by atomic mass is 10.2. The third-order valence-electron chi connectivity index (χ3n) is 3.49. The van der Waals surface area contributed by atoms with Crippen LogP contribution in [0.2, 0.25) is 0 Å². The number of hydrogen-bond donors (Lipinski definition) is 1. The van der Waals surface area contributed by atoms with E-state index in [1.54, 1.807) is 0 Å². The van der Waals surface area contributed by atoms with Crippen LogP contribution in [0.3, 0.4) is 0 Å². The van der Waals surface area contributed by atoms with Gasteiger partial charge in [0.1, 0.15) is 5.82 Å². The van der Waals surface area contributed by atoms with E-state index < -0.39 is 0 Å². The van der Waals surface area contributed by atoms with Crippen molar-refractivity contribution < 1.29 is 0 Å². The van der Waals surface area contributed by atoms with Crippen molar-refractivity contribution in [2.45, 2.75) is 46.1 Å². The molecule has 5 nitrogen and oxygen atoms in total. The Bertz CT molecular complexity index is 547. The molecule has 2 aliphatic heterocycles. The first-order valence-electron chi connectivity index (χ1n) is 7.15. The molecule has 2 heterocycles. The Hall–Kier alpha value is -1.36. The minimum absolute atomic E-state index is 0. The Morgan fingerprint density at radius 1 is 1.35 bits per heavy atom. The molecular formula is C14H22ClN5. The Kier molecular flexibility index (Phi) is 4.48. The van der Waals surface area contributed by atoms with Gasteiger partial charge in [-0.25, -0.2) is 15.0 Å². The van der Waals surface area contributed by atoms with Gasteiger partial charge in [0.15, 0.2) is 17.3 Å². The second-order valence-corrected chi connectivity index (χ2v) is 5.63. The fourth-order valence-corrected chi connectivity index (χ4v) is 2.22. The summed E-state index contributed by atoms with van der Waals surface area (Å²) in [6, 6.07) is 0. The van der Waals surface area contributed by atoms with Gasteiger partial charge >= 0.3 is 0 Å². The SMILES string of the molecule is CCNc1ncn(CC2CC2)c2nc(C(C)C)nc1-2.Cl. The van der Waals surface area contributed by atoms with Crippen molar-refractivity contribution in [1.82, 2.24) is 19.5 Å². The summed E-state index contributed by atoms with van der Waals surface area (Å²) in [5.74, 6) is 3.88. The van der Waals surface area contributed by atoms with Crippen LogP contribution in [-0.2, 0) is 6.54 Å². The molecule has 6 heteroatoms. The van der Waals surface area contributed by atoms with E-state index >= 15 is 0 Å². The molecule has 0 aromatic rings. The molecule has 0 aromatic carbocycles. The van der Waals surface area contributed by atoms with Gasteiger partial charge in [0.2, 0.25) is 0 Å². The van der Waals surface area contributed by atoms with Crippen molar-refractivity contribution in [3.63, 3.8) is 0 Å². The first-order chi connectivity index (χ1) is 9.19. The molecule has 0 saturated heterocycles. The summed E-state index contributed by atoms with van der Waals surface area (Å²) in [4.78, 5) is 13.9. The van der Waals surface area contributed by atoms with Crippen LogP contribution in [0.4, 0.5) is 5.82 Å². The molecule has 0 amide bonds. The van der Waals surface area contributed by atoms with Gasteiger partial charge in [0.05, 0.1) is 6.33 Å². The summed E-state index contributed by atoms with van der Waals surface area (Å²) in [7, 11) is 0. The van der Waals surface area contributed by atoms with Crippen LogP contribution in [0.25, 0.3) is 11.5 Å². The fourth-order valence-electron chi connectivity index (χ4n) is 2.22. The van der Waals surface area contributed by atoms with E-state index in [4.69, 9.17) is 4.98 Å². The van der Waals surface area contributed by atoms with Crippen LogP contribution in [0.1, 0.15) is 45.4 Å². The minimum atomic E-state index is 0. The monoisotopic (exact) mass is 295 g/mol. The molecule has 0 atom stereocenters. The maximum absolute atomic E-state index is 4.71. The Labute approximate surface area is 126 Å². The Morgan fingerprint density at radius 3 is 2.70 bits per heavy atom. The molecule has 20 heavy (non-hydrogen) atoms. The lowest BCUT2D eigenvalue weighted by Gasteiger charge is -2.12. The van der Waals surface area contributed by atoms with Crippen molar-refractivity contribution in [3.8, 4) is 11.5 Å². The number of imidazole rings is 1. The van der Waals surface area contributed by atoms with Gasteiger partial charge in [-0.1, -0.05) is 13.8 Å². The number of hydrogen-bond acceptors (Lipinski definition) is 4. The van der Waals surface area contributed by atoms with Gasteiger partial charge < -0.3 is 9.88 Å². The average molecular weight is 296 g/mol. The summed E-state index contributed by atoms with van der Waals surface area (Å²) in [5.41, 5.74) is 0.911. The number of halogens is 1. The third kappa shape index (κ3) is 2.87. The Balaban J connectivity index is 0.00000147. The fraction of sp³-hybridized carbons (Fsp3) is 0.643. The summed E-state index contributed by atoms with van der Waals surface area (Å²) < 4.78 is 2.16. The second-order valence-electron chi connectivity index (χ2n) is 5.63. The standard InChI is InChI=1S/C14H21N5.ClH/c1-4-15-13-11-14(18-12(17-11)9(2)3)19(8-16-13)7-10-5-6-10;/h8-10,15H,4-7H2,1-3H3;1H. The van der Waals surface area contributed by atoms with Crippen LogP contribution >= 0.6 is 12.4 Å². The smallest absolute Gasteiger partial charge is 0.165 e. The van der Waals surface area contributed by atoms with Crippen molar-refractivity contribution in [1.29, 1.82) is 0 Å². The normalized spacial score (nSPS) is 14.6. The van der Waals surface area contributed by atoms with Crippen molar-refractivity contribution >= 4 is 18.2 Å². The van der Waals surface area contributed by atoms with Crippen LogP contribution in [0, 0.1) is 5.92 Å². The molecule has 0 aromatic heterocycles. The second kappa shape index (κ2) is 5.95. The van der Waals surface area contributed by atoms with Gasteiger partial charge in [0, 0.05) is 19.0 Å². The van der Waals surface area contributed by atoms with Crippen LogP contribution < -0.4 is 5.32 Å². The summed E-state index contributed by atoms with van der Waals surface area (Å²) in [5, 5.41) is 3.27. The van der Waals surface area contributed by atoms with Crippen LogP contribution in [0.15, 0.2) is 6.33 Å². The zero-order valence-electron chi connectivity index (χ0n) is 12.3. The van der Waals surface area contributed by atoms with Gasteiger partial charge in [-0.15, -0.1) is 12.4 Å². The number of nitrogens with one attached hydrogen (secondary N) is 1. The molecule has 1 aliphatic carbocycles. The molecule has 3 rings (SSSR count). The highest BCUT2D eigenvalue weighted by Gasteiger charge is 2.26. The van der Waals surface area contributed by atoms with Crippen LogP contribution in [0.5, 0.6) is 0 Å². The number of anilines is 1. The minimum Gasteiger partial charge on any atom is -0.368 e. The molecule has 1 fully saturated rings. The number of nitrogens with zero attached hydrogens (tertiary/aromatic N) is 4. The topological polar surface area (TPSA) is 55.6 Å². The highest BCUT2D eigenvalue weighted by molar-refractivity contribution is 5.85. The highest BCUT2D eigenvalue weighted by Crippen LogP contribution is 2.34. The zero-order valence-corrected chi connectivity index (χ0v) is 13.1. The van der Waals surface area contributed by atoms with Crippen molar-refractivity contribution in [2.24, 2.45) is 5.92 Å². The van der Waals surface area contributed by atoms with E-state index in [1.807, 2.05) is 6.33 Å². The molecule has 1 saturated carbocycles. The molecular weight excluding hydrogens is 274 g/mol. The largest absolute Gasteiger partial charge is 0.368 e. The van der Waals surface area contributed by atoms with E-state index in [1.165, 1.54) is 12.8 Å². The first kappa shape index (κ1) is 15.0. The van der Waals surface area contributed by atoms with Crippen molar-refractivity contribution in [3.05, 3.63) is 12.2 Å². The van der Waals surface area contributed by atoms with Gasteiger partial charge in [0.25, 0.3) is 0 Å². The van der Waals surface area contributed by atoms with Gasteiger partial charge in [-0.2, -0.15) is 0 Å². The zero-order chi connectivity index (χ0) is 13.4. The molecule has 3 aliphatic rings. The maximum Gasteiger partial charge on any atom is 0.165 e. The lowest BCUT2D eigenvalue weighted by Crippen LogP contribution is -2.10. The summed E-state index contributed by atoms with van der Waals surface area (Å²) >= 11 is 0. The molecule has 1 N–H and O–H groups in total. The van der Waals surface area contributed by atoms with Gasteiger partial charge in [-0.05, 0) is 25.7 Å². The predicted octanol–water partition coefficient (Wildman–Crippen LogP) is 3.16. The molecule has 0 unspecified atom stereocenters.